The van der Waals surface area contributed by atoms with E-state index in [-0.39, 0.29) is 5.91 Å². The number of ether oxygens (including phenoxy) is 1. The van der Waals surface area contributed by atoms with Gasteiger partial charge in [-0.2, -0.15) is 0 Å². The second kappa shape index (κ2) is 5.35. The molecule has 0 saturated carbocycles. The van der Waals surface area contributed by atoms with E-state index >= 15 is 0 Å². The Bertz CT molecular complexity index is 292. The predicted molar refractivity (Wildman–Crippen MR) is 61.4 cm³/mol. The van der Waals surface area contributed by atoms with Gasteiger partial charge in [-0.15, -0.1) is 0 Å². The number of nitrogens with one attached hydrogen (secondary N) is 1. The summed E-state index contributed by atoms with van der Waals surface area (Å²) in [5.74, 6) is -0.264. The van der Waals surface area contributed by atoms with E-state index in [9.17, 15) is 14.7 Å². The maximum absolute atomic E-state index is 12.1. The van der Waals surface area contributed by atoms with E-state index in [0.717, 1.165) is 12.8 Å². The smallest absolute Gasteiger partial charge is 0.407 e. The first-order valence-corrected chi connectivity index (χ1v) is 5.72. The van der Waals surface area contributed by atoms with E-state index in [1.807, 2.05) is 0 Å². The summed E-state index contributed by atoms with van der Waals surface area (Å²) in [6.45, 7) is 4.33. The fourth-order valence-electron chi connectivity index (χ4n) is 1.84. The van der Waals surface area contributed by atoms with Crippen LogP contribution < -0.4 is 5.32 Å². The van der Waals surface area contributed by atoms with Crippen molar-refractivity contribution in [3.63, 3.8) is 0 Å². The number of rotatable bonds is 3. The van der Waals surface area contributed by atoms with Crippen LogP contribution in [-0.4, -0.2) is 53.8 Å². The lowest BCUT2D eigenvalue weighted by Gasteiger charge is -2.31. The molecule has 0 spiro atoms. The number of carbonyl (C=O) groups is 2. The number of nitrogens with zero attached hydrogens (tertiary/aromatic N) is 1. The third-order valence-corrected chi connectivity index (χ3v) is 2.82. The number of amides is 2. The van der Waals surface area contributed by atoms with E-state index in [4.69, 9.17) is 0 Å². The number of alkyl carbamates (subject to hydrolysis) is 1. The monoisotopic (exact) mass is 244 g/mol. The zero-order chi connectivity index (χ0) is 13.1. The average Bonchev–Trinajstić information content (AvgIpc) is 2.76. The minimum absolute atomic E-state index is 0.264. The summed E-state index contributed by atoms with van der Waals surface area (Å²) < 4.78 is 4.46. The first-order chi connectivity index (χ1) is 7.86. The molecule has 1 aliphatic heterocycles. The SMILES string of the molecule is COC(=O)NC(C(=O)N1CCCC1)C(C)(C)O. The molecule has 6 heteroatoms. The highest BCUT2D eigenvalue weighted by molar-refractivity contribution is 5.87. The van der Waals surface area contributed by atoms with Gasteiger partial charge in [-0.1, -0.05) is 0 Å². The molecule has 1 unspecified atom stereocenters. The third kappa shape index (κ3) is 3.59. The minimum atomic E-state index is -1.33. The number of aliphatic hydroxyl groups is 1. The van der Waals surface area contributed by atoms with Crippen molar-refractivity contribution in [2.45, 2.75) is 38.3 Å². The van der Waals surface area contributed by atoms with Gasteiger partial charge in [0.25, 0.3) is 0 Å². The first kappa shape index (κ1) is 13.8. The van der Waals surface area contributed by atoms with E-state index in [1.165, 1.54) is 21.0 Å². The molecule has 1 aliphatic rings. The van der Waals surface area contributed by atoms with Crippen LogP contribution in [-0.2, 0) is 9.53 Å². The fourth-order valence-corrected chi connectivity index (χ4v) is 1.84. The minimum Gasteiger partial charge on any atom is -0.453 e. The van der Waals surface area contributed by atoms with Crippen LogP contribution in [0.4, 0.5) is 4.79 Å². The number of hydrogen-bond donors (Lipinski definition) is 2. The molecule has 6 nitrogen and oxygen atoms in total. The Labute approximate surface area is 101 Å². The summed E-state index contributed by atoms with van der Waals surface area (Å²) in [7, 11) is 1.22. The molecule has 0 bridgehead atoms. The molecule has 1 rings (SSSR count). The van der Waals surface area contributed by atoms with Gasteiger partial charge in [0.2, 0.25) is 5.91 Å². The van der Waals surface area contributed by atoms with E-state index in [0.29, 0.717) is 13.1 Å². The second-order valence-electron chi connectivity index (χ2n) is 4.75. The van der Waals surface area contributed by atoms with Crippen LogP contribution in [0.3, 0.4) is 0 Å². The van der Waals surface area contributed by atoms with E-state index < -0.39 is 17.7 Å². The molecular formula is C11H20N2O4. The zero-order valence-electron chi connectivity index (χ0n) is 10.5. The van der Waals surface area contributed by atoms with Crippen LogP contribution >= 0.6 is 0 Å². The van der Waals surface area contributed by atoms with Crippen molar-refractivity contribution in [2.24, 2.45) is 0 Å². The summed E-state index contributed by atoms with van der Waals surface area (Å²) in [5.41, 5.74) is -1.33. The number of carbonyl (C=O) groups excluding carboxylic acids is 2. The Hall–Kier alpha value is -1.30. The van der Waals surface area contributed by atoms with Crippen molar-refractivity contribution in [1.29, 1.82) is 0 Å². The first-order valence-electron chi connectivity index (χ1n) is 5.72. The highest BCUT2D eigenvalue weighted by Gasteiger charge is 2.38. The number of likely N-dealkylation sites (tertiary alicyclic amines) is 1. The molecular weight excluding hydrogens is 224 g/mol. The lowest BCUT2D eigenvalue weighted by atomic mass is 9.98. The Morgan fingerprint density at radius 3 is 2.29 bits per heavy atom. The van der Waals surface area contributed by atoms with Gasteiger partial charge >= 0.3 is 6.09 Å². The van der Waals surface area contributed by atoms with Crippen LogP contribution in [0.25, 0.3) is 0 Å². The van der Waals surface area contributed by atoms with Gasteiger partial charge in [-0.3, -0.25) is 4.79 Å². The van der Waals surface area contributed by atoms with Crippen LogP contribution in [0.2, 0.25) is 0 Å². The van der Waals surface area contributed by atoms with Crippen molar-refractivity contribution < 1.29 is 19.4 Å². The van der Waals surface area contributed by atoms with E-state index in [1.54, 1.807) is 4.90 Å². The molecule has 2 N–H and O–H groups in total. The van der Waals surface area contributed by atoms with Crippen molar-refractivity contribution in [1.82, 2.24) is 10.2 Å². The van der Waals surface area contributed by atoms with Crippen LogP contribution in [0.5, 0.6) is 0 Å². The quantitative estimate of drug-likeness (QED) is 0.738. The Morgan fingerprint density at radius 1 is 1.35 bits per heavy atom. The highest BCUT2D eigenvalue weighted by atomic mass is 16.5. The van der Waals surface area contributed by atoms with Crippen LogP contribution in [0.1, 0.15) is 26.7 Å². The summed E-state index contributed by atoms with van der Waals surface area (Å²) in [4.78, 5) is 25.0. The van der Waals surface area contributed by atoms with Crippen molar-refractivity contribution in [3.8, 4) is 0 Å². The molecule has 0 aromatic rings. The normalized spacial score (nSPS) is 17.8. The highest BCUT2D eigenvalue weighted by Crippen LogP contribution is 2.16. The summed E-state index contributed by atoms with van der Waals surface area (Å²) in [6.07, 6.45) is 1.20. The maximum atomic E-state index is 12.1. The molecule has 1 atom stereocenters. The molecule has 0 aromatic heterocycles. The van der Waals surface area contributed by atoms with E-state index in [2.05, 4.69) is 10.1 Å². The summed E-state index contributed by atoms with van der Waals surface area (Å²) in [6, 6.07) is -0.979. The summed E-state index contributed by atoms with van der Waals surface area (Å²) in [5, 5.41) is 12.3. The van der Waals surface area contributed by atoms with Gasteiger partial charge in [0, 0.05) is 13.1 Å². The second-order valence-corrected chi connectivity index (χ2v) is 4.75. The molecule has 0 aromatic carbocycles. The fraction of sp³-hybridized carbons (Fsp3) is 0.818. The Kier molecular flexibility index (Phi) is 4.34. The summed E-state index contributed by atoms with van der Waals surface area (Å²) >= 11 is 0. The van der Waals surface area contributed by atoms with Gasteiger partial charge in [0.05, 0.1) is 12.7 Å². The third-order valence-electron chi connectivity index (χ3n) is 2.82. The lowest BCUT2D eigenvalue weighted by molar-refractivity contribution is -0.138. The Morgan fingerprint density at radius 2 is 1.88 bits per heavy atom. The molecule has 98 valence electrons. The van der Waals surface area contributed by atoms with Gasteiger partial charge in [0.1, 0.15) is 6.04 Å². The van der Waals surface area contributed by atoms with Crippen molar-refractivity contribution in [2.75, 3.05) is 20.2 Å². The molecule has 0 radical (unpaired) electrons. The average molecular weight is 244 g/mol. The zero-order valence-corrected chi connectivity index (χ0v) is 10.5. The molecule has 2 amide bonds. The molecule has 1 fully saturated rings. The largest absolute Gasteiger partial charge is 0.453 e. The molecule has 0 aliphatic carbocycles. The van der Waals surface area contributed by atoms with Crippen LogP contribution in [0.15, 0.2) is 0 Å². The Balaban J connectivity index is 2.75. The number of hydrogen-bond acceptors (Lipinski definition) is 4. The topological polar surface area (TPSA) is 78.9 Å². The molecule has 1 saturated heterocycles. The number of methoxy groups -OCH3 is 1. The molecule has 1 heterocycles. The molecule has 17 heavy (non-hydrogen) atoms. The maximum Gasteiger partial charge on any atom is 0.407 e. The van der Waals surface area contributed by atoms with Gasteiger partial charge in [-0.05, 0) is 26.7 Å². The van der Waals surface area contributed by atoms with Gasteiger partial charge in [-0.25, -0.2) is 4.79 Å². The van der Waals surface area contributed by atoms with Gasteiger partial charge < -0.3 is 20.1 Å². The van der Waals surface area contributed by atoms with Crippen molar-refractivity contribution in [3.05, 3.63) is 0 Å². The van der Waals surface area contributed by atoms with Gasteiger partial charge in [0.15, 0.2) is 0 Å². The van der Waals surface area contributed by atoms with Crippen molar-refractivity contribution >= 4 is 12.0 Å². The van der Waals surface area contributed by atoms with Crippen LogP contribution in [0, 0.1) is 0 Å². The lowest BCUT2D eigenvalue weighted by Crippen LogP contribution is -2.58. The predicted octanol–water partition coefficient (Wildman–Crippen LogP) is 0.104. The standard InChI is InChI=1S/C11H20N2O4/c1-11(2,16)8(12-10(15)17-3)9(14)13-6-4-5-7-13/h8,16H,4-7H2,1-3H3,(H,12,15).